The van der Waals surface area contributed by atoms with E-state index in [0.29, 0.717) is 21.8 Å². The number of thioether (sulfide) groups is 1. The van der Waals surface area contributed by atoms with E-state index in [1.54, 1.807) is 23.4 Å². The Bertz CT molecular complexity index is 1030. The van der Waals surface area contributed by atoms with E-state index in [1.165, 1.54) is 0 Å². The third-order valence-corrected chi connectivity index (χ3v) is 5.81. The summed E-state index contributed by atoms with van der Waals surface area (Å²) < 4.78 is 12.9. The Hall–Kier alpha value is -2.31. The normalized spacial score (nSPS) is 16.7. The molecule has 4 rings (SSSR count). The average molecular weight is 382 g/mol. The van der Waals surface area contributed by atoms with E-state index < -0.39 is 0 Å². The van der Waals surface area contributed by atoms with Gasteiger partial charge < -0.3 is 9.47 Å². The van der Waals surface area contributed by atoms with Gasteiger partial charge in [0.25, 0.3) is 5.56 Å². The van der Waals surface area contributed by atoms with Crippen molar-refractivity contribution in [2.45, 2.75) is 31.0 Å². The zero-order valence-electron chi connectivity index (χ0n) is 15.5. The van der Waals surface area contributed by atoms with Crippen LogP contribution in [0.4, 0.5) is 0 Å². The Kier molecular flexibility index (Phi) is 5.18. The molecule has 1 aliphatic heterocycles. The monoisotopic (exact) mass is 382 g/mol. The van der Waals surface area contributed by atoms with E-state index in [-0.39, 0.29) is 11.7 Å². The van der Waals surface area contributed by atoms with Gasteiger partial charge in [-0.25, -0.2) is 4.98 Å². The molecule has 27 heavy (non-hydrogen) atoms. The first-order valence-corrected chi connectivity index (χ1v) is 10.1. The number of rotatable bonds is 5. The van der Waals surface area contributed by atoms with Crippen molar-refractivity contribution in [2.75, 3.05) is 19.5 Å². The fraction of sp³-hybridized carbons (Fsp3) is 0.333. The van der Waals surface area contributed by atoms with Crippen molar-refractivity contribution in [3.8, 4) is 11.4 Å². The molecule has 5 nitrogen and oxygen atoms in total. The van der Waals surface area contributed by atoms with Gasteiger partial charge in [-0.1, -0.05) is 30.0 Å². The van der Waals surface area contributed by atoms with Gasteiger partial charge in [0, 0.05) is 12.4 Å². The maximum absolute atomic E-state index is 13.3. The van der Waals surface area contributed by atoms with Gasteiger partial charge >= 0.3 is 0 Å². The lowest BCUT2D eigenvalue weighted by Gasteiger charge is -2.17. The summed E-state index contributed by atoms with van der Waals surface area (Å²) >= 11 is 1.56. The molecule has 0 saturated carbocycles. The fourth-order valence-electron chi connectivity index (χ4n) is 3.34. The van der Waals surface area contributed by atoms with Crippen molar-refractivity contribution >= 4 is 22.7 Å². The van der Waals surface area contributed by atoms with E-state index in [9.17, 15) is 4.79 Å². The van der Waals surface area contributed by atoms with E-state index >= 15 is 0 Å². The molecule has 0 aliphatic carbocycles. The first-order valence-electron chi connectivity index (χ1n) is 9.08. The number of fused-ring (bicyclic) bond motifs is 1. The number of hydrogen-bond donors (Lipinski definition) is 0. The summed E-state index contributed by atoms with van der Waals surface area (Å²) in [6.45, 7) is 2.82. The number of nitrogens with zero attached hydrogens (tertiary/aromatic N) is 2. The highest BCUT2D eigenvalue weighted by Gasteiger charge is 2.20. The van der Waals surface area contributed by atoms with Gasteiger partial charge in [0.2, 0.25) is 0 Å². The van der Waals surface area contributed by atoms with Crippen molar-refractivity contribution in [3.05, 3.63) is 58.4 Å². The quantitative estimate of drug-likeness (QED) is 0.494. The molecule has 140 valence electrons. The molecule has 2 heterocycles. The molecule has 0 bridgehead atoms. The summed E-state index contributed by atoms with van der Waals surface area (Å²) in [6.07, 6.45) is 2.36. The third-order valence-electron chi connectivity index (χ3n) is 4.74. The Morgan fingerprint density at radius 2 is 2.15 bits per heavy atom. The molecule has 0 N–H and O–H groups in total. The SMILES string of the molecule is COc1ccc(C)cc1-n1c(SCC2CCCO2)nc2ccccc2c1=O. The molecular weight excluding hydrogens is 360 g/mol. The summed E-state index contributed by atoms with van der Waals surface area (Å²) in [5.74, 6) is 1.43. The number of benzene rings is 2. The summed E-state index contributed by atoms with van der Waals surface area (Å²) in [5.41, 5.74) is 2.40. The molecule has 1 atom stereocenters. The molecule has 1 unspecified atom stereocenters. The van der Waals surface area contributed by atoms with Crippen LogP contribution in [0.25, 0.3) is 16.6 Å². The number of ether oxygens (including phenoxy) is 2. The third kappa shape index (κ3) is 3.59. The molecular formula is C21H22N2O3S. The smallest absolute Gasteiger partial charge is 0.266 e. The van der Waals surface area contributed by atoms with Crippen LogP contribution in [0.2, 0.25) is 0 Å². The van der Waals surface area contributed by atoms with Crippen LogP contribution < -0.4 is 10.3 Å². The van der Waals surface area contributed by atoms with Crippen LogP contribution in [0, 0.1) is 6.92 Å². The van der Waals surface area contributed by atoms with Crippen LogP contribution in [0.3, 0.4) is 0 Å². The van der Waals surface area contributed by atoms with Crippen LogP contribution in [-0.2, 0) is 4.74 Å². The van der Waals surface area contributed by atoms with Gasteiger partial charge in [0.05, 0.1) is 29.8 Å². The molecule has 1 aromatic heterocycles. The predicted molar refractivity (Wildman–Crippen MR) is 108 cm³/mol. The standard InChI is InChI=1S/C21H22N2O3S/c1-14-9-10-19(25-2)18(12-14)23-20(24)16-7-3-4-8-17(16)22-21(23)27-13-15-6-5-11-26-15/h3-4,7-10,12,15H,5-6,11,13H2,1-2H3. The van der Waals surface area contributed by atoms with Crippen molar-refractivity contribution in [3.63, 3.8) is 0 Å². The molecule has 1 saturated heterocycles. The van der Waals surface area contributed by atoms with E-state index in [4.69, 9.17) is 14.5 Å². The Labute approximate surface area is 162 Å². The van der Waals surface area contributed by atoms with Crippen LogP contribution in [0.5, 0.6) is 5.75 Å². The Balaban J connectivity index is 1.88. The Morgan fingerprint density at radius 1 is 1.30 bits per heavy atom. The minimum absolute atomic E-state index is 0.0839. The molecule has 2 aromatic carbocycles. The summed E-state index contributed by atoms with van der Waals surface area (Å²) in [7, 11) is 1.62. The van der Waals surface area contributed by atoms with Crippen molar-refractivity contribution in [1.29, 1.82) is 0 Å². The highest BCUT2D eigenvalue weighted by Crippen LogP contribution is 2.29. The van der Waals surface area contributed by atoms with Gasteiger partial charge in [-0.3, -0.25) is 9.36 Å². The lowest BCUT2D eigenvalue weighted by molar-refractivity contribution is 0.129. The molecule has 6 heteroatoms. The highest BCUT2D eigenvalue weighted by molar-refractivity contribution is 7.99. The van der Waals surface area contributed by atoms with Gasteiger partial charge in [0.15, 0.2) is 5.16 Å². The highest BCUT2D eigenvalue weighted by atomic mass is 32.2. The maximum Gasteiger partial charge on any atom is 0.266 e. The minimum atomic E-state index is -0.0839. The second-order valence-electron chi connectivity index (χ2n) is 6.67. The van der Waals surface area contributed by atoms with Crippen LogP contribution in [0.15, 0.2) is 52.4 Å². The average Bonchev–Trinajstić information content (AvgIpc) is 3.20. The minimum Gasteiger partial charge on any atom is -0.495 e. The number of para-hydroxylation sites is 1. The molecule has 0 spiro atoms. The van der Waals surface area contributed by atoms with Gasteiger partial charge in [0.1, 0.15) is 5.75 Å². The lowest BCUT2D eigenvalue weighted by Crippen LogP contribution is -2.23. The van der Waals surface area contributed by atoms with E-state index in [1.807, 2.05) is 49.4 Å². The first-order chi connectivity index (χ1) is 13.2. The van der Waals surface area contributed by atoms with Gasteiger partial charge in [-0.15, -0.1) is 0 Å². The predicted octanol–water partition coefficient (Wildman–Crippen LogP) is 3.97. The van der Waals surface area contributed by atoms with Crippen LogP contribution in [0.1, 0.15) is 18.4 Å². The van der Waals surface area contributed by atoms with Crippen molar-refractivity contribution < 1.29 is 9.47 Å². The van der Waals surface area contributed by atoms with Crippen molar-refractivity contribution in [2.24, 2.45) is 0 Å². The van der Waals surface area contributed by atoms with Crippen LogP contribution >= 0.6 is 11.8 Å². The van der Waals surface area contributed by atoms with Crippen LogP contribution in [-0.4, -0.2) is 35.1 Å². The second-order valence-corrected chi connectivity index (χ2v) is 7.66. The second kappa shape index (κ2) is 7.74. The summed E-state index contributed by atoms with van der Waals surface area (Å²) in [4.78, 5) is 18.1. The fourth-order valence-corrected chi connectivity index (χ4v) is 4.41. The largest absolute Gasteiger partial charge is 0.495 e. The molecule has 1 fully saturated rings. The summed E-state index contributed by atoms with van der Waals surface area (Å²) in [5, 5.41) is 1.26. The van der Waals surface area contributed by atoms with E-state index in [2.05, 4.69) is 0 Å². The molecule has 0 radical (unpaired) electrons. The number of methoxy groups -OCH3 is 1. The molecule has 3 aromatic rings. The van der Waals surface area contributed by atoms with Gasteiger partial charge in [-0.2, -0.15) is 0 Å². The lowest BCUT2D eigenvalue weighted by atomic mass is 10.2. The number of aryl methyl sites for hydroxylation is 1. The van der Waals surface area contributed by atoms with E-state index in [0.717, 1.165) is 36.5 Å². The number of aromatic nitrogens is 2. The zero-order chi connectivity index (χ0) is 18.8. The summed E-state index contributed by atoms with van der Waals surface area (Å²) in [6, 6.07) is 13.3. The molecule has 1 aliphatic rings. The maximum atomic E-state index is 13.3. The Morgan fingerprint density at radius 3 is 2.93 bits per heavy atom. The van der Waals surface area contributed by atoms with Gasteiger partial charge in [-0.05, 0) is 49.6 Å². The molecule has 0 amide bonds. The zero-order valence-corrected chi connectivity index (χ0v) is 16.3. The topological polar surface area (TPSA) is 53.4 Å². The van der Waals surface area contributed by atoms with Crippen molar-refractivity contribution in [1.82, 2.24) is 9.55 Å². The first kappa shape index (κ1) is 18.1. The number of hydrogen-bond acceptors (Lipinski definition) is 5.